The van der Waals surface area contributed by atoms with Crippen LogP contribution in [0.4, 0.5) is 0 Å². The number of ether oxygens (including phenoxy) is 2. The molecule has 0 aliphatic carbocycles. The number of aromatic hydroxyl groups is 2. The number of hydrogen-bond donors (Lipinski definition) is 2. The summed E-state index contributed by atoms with van der Waals surface area (Å²) in [4.78, 5) is 25.9. The minimum absolute atomic E-state index is 0.00178. The van der Waals surface area contributed by atoms with E-state index in [4.69, 9.17) is 9.47 Å². The molecule has 0 atom stereocenters. The number of carbonyl (C=O) groups is 2. The van der Waals surface area contributed by atoms with Gasteiger partial charge in [0.05, 0.1) is 25.3 Å². The van der Waals surface area contributed by atoms with E-state index in [0.717, 1.165) is 5.56 Å². The topological polar surface area (TPSA) is 93.1 Å². The van der Waals surface area contributed by atoms with Gasteiger partial charge in [0.1, 0.15) is 23.0 Å². The minimum Gasteiger partial charge on any atom is -0.507 e. The van der Waals surface area contributed by atoms with Crippen LogP contribution >= 0.6 is 0 Å². The molecule has 0 unspecified atom stereocenters. The van der Waals surface area contributed by atoms with Crippen molar-refractivity contribution in [3.63, 3.8) is 0 Å². The molecule has 3 rings (SSSR count). The van der Waals surface area contributed by atoms with Gasteiger partial charge in [-0.25, -0.2) is 0 Å². The zero-order valence-electron chi connectivity index (χ0n) is 18.1. The highest BCUT2D eigenvalue weighted by Crippen LogP contribution is 2.40. The van der Waals surface area contributed by atoms with Crippen molar-refractivity contribution in [3.05, 3.63) is 83.4 Å². The maximum Gasteiger partial charge on any atom is 0.200 e. The largest absolute Gasteiger partial charge is 0.507 e. The predicted molar refractivity (Wildman–Crippen MR) is 122 cm³/mol. The first-order valence-corrected chi connectivity index (χ1v) is 9.97. The van der Waals surface area contributed by atoms with Gasteiger partial charge in [0, 0.05) is 23.3 Å². The number of methoxy groups -OCH3 is 2. The lowest BCUT2D eigenvalue weighted by molar-refractivity contribution is 0.103. The molecule has 0 aliphatic heterocycles. The Labute approximate surface area is 186 Å². The molecule has 0 saturated heterocycles. The number of rotatable bonds is 8. The summed E-state index contributed by atoms with van der Waals surface area (Å²) >= 11 is 0. The van der Waals surface area contributed by atoms with Crippen molar-refractivity contribution >= 4 is 11.6 Å². The summed E-state index contributed by atoms with van der Waals surface area (Å²) in [5.74, 6) is -0.745. The Balaban J connectivity index is 2.25. The van der Waals surface area contributed by atoms with Crippen LogP contribution < -0.4 is 9.47 Å². The first-order chi connectivity index (χ1) is 15.4. The number of aryl methyl sites for hydroxylation is 1. The van der Waals surface area contributed by atoms with Gasteiger partial charge in [0.15, 0.2) is 11.6 Å². The normalized spacial score (nSPS) is 10.5. The van der Waals surface area contributed by atoms with E-state index in [1.165, 1.54) is 44.6 Å². The molecule has 0 fully saturated rings. The van der Waals surface area contributed by atoms with E-state index < -0.39 is 5.78 Å². The number of benzene rings is 3. The molecule has 0 aromatic heterocycles. The molecule has 164 valence electrons. The first kappa shape index (κ1) is 22.6. The van der Waals surface area contributed by atoms with Gasteiger partial charge in [-0.1, -0.05) is 31.7 Å². The molecule has 0 saturated carbocycles. The molecule has 0 heterocycles. The zero-order chi connectivity index (χ0) is 23.4. The fraction of sp³-hybridized carbons (Fsp3) is 0.154. The maximum absolute atomic E-state index is 13.2. The third kappa shape index (κ3) is 4.07. The molecule has 0 bridgehead atoms. The van der Waals surface area contributed by atoms with E-state index in [0.29, 0.717) is 34.6 Å². The van der Waals surface area contributed by atoms with Gasteiger partial charge in [-0.05, 0) is 41.8 Å². The highest BCUT2D eigenvalue weighted by Gasteiger charge is 2.23. The van der Waals surface area contributed by atoms with Crippen LogP contribution in [0.2, 0.25) is 0 Å². The smallest absolute Gasteiger partial charge is 0.200 e. The molecule has 6 nitrogen and oxygen atoms in total. The van der Waals surface area contributed by atoms with Crippen molar-refractivity contribution in [3.8, 4) is 34.1 Å². The van der Waals surface area contributed by atoms with Crippen molar-refractivity contribution in [2.24, 2.45) is 0 Å². The quantitative estimate of drug-likeness (QED) is 0.387. The minimum atomic E-state index is -0.588. The van der Waals surface area contributed by atoms with Crippen LogP contribution in [-0.2, 0) is 6.42 Å². The summed E-state index contributed by atoms with van der Waals surface area (Å²) < 4.78 is 10.5. The Morgan fingerprint density at radius 3 is 2.25 bits per heavy atom. The molecule has 0 aliphatic rings. The lowest BCUT2D eigenvalue weighted by Crippen LogP contribution is -2.06. The molecular formula is C26H24O6. The fourth-order valence-corrected chi connectivity index (χ4v) is 3.62. The zero-order valence-corrected chi connectivity index (χ0v) is 18.1. The lowest BCUT2D eigenvalue weighted by atomic mass is 9.89. The second-order valence-corrected chi connectivity index (χ2v) is 7.04. The average Bonchev–Trinajstić information content (AvgIpc) is 2.82. The SMILES string of the molecule is C=CC(=O)c1c(CC)cccc1-c1cc(C(=O)c2ccc(OC)cc2O)c(O)cc1OC. The number of allylic oxidation sites excluding steroid dienone is 1. The lowest BCUT2D eigenvalue weighted by Gasteiger charge is -2.17. The highest BCUT2D eigenvalue weighted by molar-refractivity contribution is 6.14. The van der Waals surface area contributed by atoms with Gasteiger partial charge in [-0.15, -0.1) is 0 Å². The van der Waals surface area contributed by atoms with Crippen LogP contribution in [0.1, 0.15) is 38.8 Å². The van der Waals surface area contributed by atoms with Gasteiger partial charge in [-0.2, -0.15) is 0 Å². The first-order valence-electron chi connectivity index (χ1n) is 9.97. The molecule has 32 heavy (non-hydrogen) atoms. The van der Waals surface area contributed by atoms with E-state index in [1.807, 2.05) is 19.1 Å². The van der Waals surface area contributed by atoms with Crippen molar-refractivity contribution in [1.82, 2.24) is 0 Å². The molecule has 6 heteroatoms. The van der Waals surface area contributed by atoms with Gasteiger partial charge in [-0.3, -0.25) is 9.59 Å². The second kappa shape index (κ2) is 9.39. The van der Waals surface area contributed by atoms with E-state index in [9.17, 15) is 19.8 Å². The van der Waals surface area contributed by atoms with Gasteiger partial charge in [0.25, 0.3) is 0 Å². The van der Waals surface area contributed by atoms with E-state index in [-0.39, 0.29) is 28.4 Å². The summed E-state index contributed by atoms with van der Waals surface area (Å²) in [5.41, 5.74) is 2.26. The third-order valence-electron chi connectivity index (χ3n) is 5.27. The van der Waals surface area contributed by atoms with E-state index in [2.05, 4.69) is 6.58 Å². The van der Waals surface area contributed by atoms with E-state index >= 15 is 0 Å². The molecular weight excluding hydrogens is 408 g/mol. The number of phenols is 2. The number of ketones is 2. The Hall–Kier alpha value is -4.06. The fourth-order valence-electron chi connectivity index (χ4n) is 3.62. The molecule has 3 aromatic rings. The average molecular weight is 432 g/mol. The van der Waals surface area contributed by atoms with Crippen molar-refractivity contribution in [2.75, 3.05) is 14.2 Å². The summed E-state index contributed by atoms with van der Waals surface area (Å²) in [6.45, 7) is 5.54. The van der Waals surface area contributed by atoms with Crippen molar-refractivity contribution < 1.29 is 29.3 Å². The molecule has 3 aromatic carbocycles. The Morgan fingerprint density at radius 1 is 0.938 bits per heavy atom. The van der Waals surface area contributed by atoms with Crippen LogP contribution in [0.15, 0.2) is 61.2 Å². The molecule has 2 N–H and O–H groups in total. The van der Waals surface area contributed by atoms with Crippen molar-refractivity contribution in [2.45, 2.75) is 13.3 Å². The summed E-state index contributed by atoms with van der Waals surface area (Å²) in [5, 5.41) is 20.8. The standard InChI is InChI=1S/C26H24O6/c1-5-15-8-7-9-17(25(15)21(27)6-2)19-13-20(23(29)14-24(19)32-4)26(30)18-11-10-16(31-3)12-22(18)28/h6-14,28-29H,2,5H2,1,3-4H3. The molecule has 0 spiro atoms. The van der Waals surface area contributed by atoms with E-state index in [1.54, 1.807) is 12.1 Å². The van der Waals surface area contributed by atoms with Crippen LogP contribution in [0.3, 0.4) is 0 Å². The number of phenolic OH excluding ortho intramolecular Hbond substituents is 2. The number of carbonyl (C=O) groups excluding carboxylic acids is 2. The Kier molecular flexibility index (Phi) is 6.64. The summed E-state index contributed by atoms with van der Waals surface area (Å²) in [6, 6.07) is 12.5. The van der Waals surface area contributed by atoms with Crippen molar-refractivity contribution in [1.29, 1.82) is 0 Å². The van der Waals surface area contributed by atoms with Gasteiger partial charge >= 0.3 is 0 Å². The third-order valence-corrected chi connectivity index (χ3v) is 5.27. The van der Waals surface area contributed by atoms with Crippen LogP contribution in [0, 0.1) is 0 Å². The van der Waals surface area contributed by atoms with Gasteiger partial charge in [0.2, 0.25) is 0 Å². The highest BCUT2D eigenvalue weighted by atomic mass is 16.5. The van der Waals surface area contributed by atoms with Crippen LogP contribution in [0.5, 0.6) is 23.0 Å². The molecule has 0 radical (unpaired) electrons. The van der Waals surface area contributed by atoms with Crippen LogP contribution in [-0.4, -0.2) is 36.0 Å². The predicted octanol–water partition coefficient (Wildman–Crippen LogP) is 4.94. The second-order valence-electron chi connectivity index (χ2n) is 7.04. The monoisotopic (exact) mass is 432 g/mol. The maximum atomic E-state index is 13.2. The Bertz CT molecular complexity index is 1210. The van der Waals surface area contributed by atoms with Gasteiger partial charge < -0.3 is 19.7 Å². The number of hydrogen-bond acceptors (Lipinski definition) is 6. The van der Waals surface area contributed by atoms with Crippen LogP contribution in [0.25, 0.3) is 11.1 Å². The molecule has 0 amide bonds. The summed E-state index contributed by atoms with van der Waals surface area (Å²) in [6.07, 6.45) is 1.86. The Morgan fingerprint density at radius 2 is 1.66 bits per heavy atom. The summed E-state index contributed by atoms with van der Waals surface area (Å²) in [7, 11) is 2.89.